The molecule has 0 radical (unpaired) electrons. The van der Waals surface area contributed by atoms with Gasteiger partial charge in [0.15, 0.2) is 0 Å². The summed E-state index contributed by atoms with van der Waals surface area (Å²) in [5.41, 5.74) is -0.515. The van der Waals surface area contributed by atoms with Crippen molar-refractivity contribution in [1.29, 1.82) is 0 Å². The first kappa shape index (κ1) is 58.3. The zero-order valence-corrected chi connectivity index (χ0v) is 38.6. The molecule has 0 aromatic carbocycles. The van der Waals surface area contributed by atoms with Gasteiger partial charge < -0.3 is 62.2 Å². The fourth-order valence-corrected chi connectivity index (χ4v) is 5.55. The van der Waals surface area contributed by atoms with E-state index in [4.69, 9.17) is 56.8 Å². The molecule has 60 heavy (non-hydrogen) atoms. The summed E-state index contributed by atoms with van der Waals surface area (Å²) in [6, 6.07) is 0. The number of unbranched alkanes of at least 4 members (excludes halogenated alkanes) is 14. The van der Waals surface area contributed by atoms with Crippen molar-refractivity contribution in [3.8, 4) is 0 Å². The van der Waals surface area contributed by atoms with E-state index in [1.54, 1.807) is 0 Å². The summed E-state index contributed by atoms with van der Waals surface area (Å²) in [5, 5.41) is 2.63. The van der Waals surface area contributed by atoms with Crippen LogP contribution in [0.2, 0.25) is 0 Å². The van der Waals surface area contributed by atoms with Crippen LogP contribution in [-0.2, 0) is 61.6 Å². The zero-order valence-electron chi connectivity index (χ0n) is 38.6. The second-order valence-electron chi connectivity index (χ2n) is 15.5. The standard InChI is InChI=1S/C45H89NO14/c1-5-6-7-8-9-10-11-12-13-14-15-16-17-18-19-20-43(47)59-42-41-58-40-39-57-38-37-56-36-35-55-34-33-54-32-31-53-30-29-52-28-27-51-26-25-50-24-23-49-22-21-46-44(48)60-45(2,3)4/h5-42H2,1-4H3,(H,46,48). The summed E-state index contributed by atoms with van der Waals surface area (Å²) in [7, 11) is 0. The lowest BCUT2D eigenvalue weighted by Gasteiger charge is -2.19. The average Bonchev–Trinajstić information content (AvgIpc) is 3.21. The van der Waals surface area contributed by atoms with E-state index < -0.39 is 11.7 Å². The van der Waals surface area contributed by atoms with Gasteiger partial charge in [0.2, 0.25) is 0 Å². The number of amides is 1. The number of nitrogens with one attached hydrogen (secondary N) is 1. The van der Waals surface area contributed by atoms with Crippen LogP contribution in [0.3, 0.4) is 0 Å². The monoisotopic (exact) mass is 868 g/mol. The molecule has 0 aliphatic heterocycles. The van der Waals surface area contributed by atoms with Gasteiger partial charge in [-0.15, -0.1) is 0 Å². The average molecular weight is 868 g/mol. The predicted octanol–water partition coefficient (Wildman–Crippen LogP) is 7.48. The molecule has 0 atom stereocenters. The summed E-state index contributed by atoms with van der Waals surface area (Å²) >= 11 is 0. The van der Waals surface area contributed by atoms with Crippen LogP contribution in [0.1, 0.15) is 130 Å². The topological polar surface area (TPSA) is 157 Å². The van der Waals surface area contributed by atoms with E-state index in [1.165, 1.54) is 83.5 Å². The maximum Gasteiger partial charge on any atom is 0.407 e. The number of carbonyl (C=O) groups excluding carboxylic acids is 2. The Hall–Kier alpha value is -1.66. The SMILES string of the molecule is CCCCCCCCCCCCCCCCCC(=O)OCCOCCOCCOCCOCCOCCOCCOCCOCCOCCOCCNC(=O)OC(C)(C)C. The van der Waals surface area contributed by atoms with Crippen LogP contribution in [0, 0.1) is 0 Å². The van der Waals surface area contributed by atoms with E-state index in [-0.39, 0.29) is 12.6 Å². The highest BCUT2D eigenvalue weighted by molar-refractivity contribution is 5.69. The number of ether oxygens (including phenoxy) is 12. The van der Waals surface area contributed by atoms with E-state index in [2.05, 4.69) is 12.2 Å². The van der Waals surface area contributed by atoms with Crippen molar-refractivity contribution in [2.75, 3.05) is 145 Å². The van der Waals surface area contributed by atoms with Crippen LogP contribution in [0.5, 0.6) is 0 Å². The van der Waals surface area contributed by atoms with Gasteiger partial charge in [-0.1, -0.05) is 96.8 Å². The Morgan fingerprint density at radius 1 is 0.367 bits per heavy atom. The highest BCUT2D eigenvalue weighted by atomic mass is 16.6. The van der Waals surface area contributed by atoms with Crippen molar-refractivity contribution in [3.63, 3.8) is 0 Å². The molecular formula is C45H89NO14. The molecule has 0 aliphatic carbocycles. The smallest absolute Gasteiger partial charge is 0.407 e. The molecular weight excluding hydrogens is 778 g/mol. The van der Waals surface area contributed by atoms with Crippen LogP contribution in [0.4, 0.5) is 4.79 Å². The van der Waals surface area contributed by atoms with Gasteiger partial charge in [0.05, 0.1) is 132 Å². The Morgan fingerprint density at radius 2 is 0.633 bits per heavy atom. The van der Waals surface area contributed by atoms with Crippen LogP contribution in [0.15, 0.2) is 0 Å². The molecule has 0 aromatic heterocycles. The maximum absolute atomic E-state index is 11.9. The summed E-state index contributed by atoms with van der Waals surface area (Å²) in [6.07, 6.45) is 19.7. The van der Waals surface area contributed by atoms with E-state index in [1.807, 2.05) is 20.8 Å². The summed E-state index contributed by atoms with van der Waals surface area (Å²) in [4.78, 5) is 23.4. The number of carbonyl (C=O) groups is 2. The molecule has 0 aliphatic rings. The Labute approximate surface area is 364 Å². The van der Waals surface area contributed by atoms with E-state index in [0.29, 0.717) is 145 Å². The maximum atomic E-state index is 11.9. The summed E-state index contributed by atoms with van der Waals surface area (Å²) in [6.45, 7) is 17.7. The number of esters is 1. The quantitative estimate of drug-likeness (QED) is 0.0474. The molecule has 0 saturated heterocycles. The molecule has 0 rings (SSSR count). The first-order valence-electron chi connectivity index (χ1n) is 23.2. The van der Waals surface area contributed by atoms with Crippen LogP contribution in [0.25, 0.3) is 0 Å². The van der Waals surface area contributed by atoms with Crippen molar-refractivity contribution in [2.24, 2.45) is 0 Å². The Kier molecular flexibility index (Phi) is 47.0. The number of hydrogen-bond donors (Lipinski definition) is 1. The molecule has 15 nitrogen and oxygen atoms in total. The Balaban J connectivity index is 3.16. The molecule has 0 fully saturated rings. The van der Waals surface area contributed by atoms with E-state index >= 15 is 0 Å². The highest BCUT2D eigenvalue weighted by Gasteiger charge is 2.15. The zero-order chi connectivity index (χ0) is 43.7. The van der Waals surface area contributed by atoms with Gasteiger partial charge in [0.25, 0.3) is 0 Å². The van der Waals surface area contributed by atoms with Crippen molar-refractivity contribution in [1.82, 2.24) is 5.32 Å². The van der Waals surface area contributed by atoms with E-state index in [9.17, 15) is 9.59 Å². The van der Waals surface area contributed by atoms with Gasteiger partial charge in [0, 0.05) is 13.0 Å². The molecule has 1 amide bonds. The highest BCUT2D eigenvalue weighted by Crippen LogP contribution is 2.14. The van der Waals surface area contributed by atoms with Crippen molar-refractivity contribution >= 4 is 12.1 Å². The Bertz CT molecular complexity index is 879. The minimum atomic E-state index is -0.515. The molecule has 0 aromatic rings. The fraction of sp³-hybridized carbons (Fsp3) is 0.956. The van der Waals surface area contributed by atoms with Crippen molar-refractivity contribution in [3.05, 3.63) is 0 Å². The Morgan fingerprint density at radius 3 is 0.933 bits per heavy atom. The molecule has 358 valence electrons. The van der Waals surface area contributed by atoms with Crippen molar-refractivity contribution < 1.29 is 66.4 Å². The molecule has 0 unspecified atom stereocenters. The third-order valence-corrected chi connectivity index (χ3v) is 8.74. The molecule has 0 heterocycles. The van der Waals surface area contributed by atoms with Gasteiger partial charge >= 0.3 is 12.1 Å². The third-order valence-electron chi connectivity index (χ3n) is 8.74. The lowest BCUT2D eigenvalue weighted by atomic mass is 10.0. The fourth-order valence-electron chi connectivity index (χ4n) is 5.55. The summed E-state index contributed by atoms with van der Waals surface area (Å²) in [5.74, 6) is -0.134. The van der Waals surface area contributed by atoms with Crippen LogP contribution >= 0.6 is 0 Å². The molecule has 1 N–H and O–H groups in total. The lowest BCUT2D eigenvalue weighted by Crippen LogP contribution is -2.34. The molecule has 0 bridgehead atoms. The predicted molar refractivity (Wildman–Crippen MR) is 233 cm³/mol. The minimum Gasteiger partial charge on any atom is -0.463 e. The third kappa shape index (κ3) is 52.5. The van der Waals surface area contributed by atoms with Gasteiger partial charge in [-0.2, -0.15) is 0 Å². The lowest BCUT2D eigenvalue weighted by molar-refractivity contribution is -0.145. The minimum absolute atomic E-state index is 0.134. The normalized spacial score (nSPS) is 11.7. The van der Waals surface area contributed by atoms with Gasteiger partial charge in [-0.05, 0) is 27.2 Å². The first-order valence-corrected chi connectivity index (χ1v) is 23.2. The molecule has 15 heteroatoms. The molecule has 0 spiro atoms. The van der Waals surface area contributed by atoms with Crippen LogP contribution in [-0.4, -0.2) is 163 Å². The second kappa shape index (κ2) is 48.4. The number of alkyl carbamates (subject to hydrolysis) is 1. The van der Waals surface area contributed by atoms with Crippen LogP contribution < -0.4 is 5.32 Å². The van der Waals surface area contributed by atoms with Crippen molar-refractivity contribution in [2.45, 2.75) is 136 Å². The number of rotatable bonds is 49. The van der Waals surface area contributed by atoms with E-state index in [0.717, 1.165) is 12.8 Å². The van der Waals surface area contributed by atoms with Gasteiger partial charge in [-0.25, -0.2) is 4.79 Å². The summed E-state index contributed by atoms with van der Waals surface area (Å²) < 4.78 is 65.2. The second-order valence-corrected chi connectivity index (χ2v) is 15.5. The van der Waals surface area contributed by atoms with Gasteiger partial charge in [-0.3, -0.25) is 4.79 Å². The first-order chi connectivity index (χ1) is 29.3. The largest absolute Gasteiger partial charge is 0.463 e. The van der Waals surface area contributed by atoms with Gasteiger partial charge in [0.1, 0.15) is 12.2 Å². The number of hydrogen-bond acceptors (Lipinski definition) is 14. The molecule has 0 saturated carbocycles.